The first kappa shape index (κ1) is 25.0. The average Bonchev–Trinajstić information content (AvgIpc) is 2.33. The molecule has 1 nitrogen and oxygen atoms in total. The highest BCUT2D eigenvalue weighted by atomic mass is 16.0. The van der Waals surface area contributed by atoms with E-state index < -0.39 is 0 Å². The van der Waals surface area contributed by atoms with Crippen LogP contribution in [-0.4, -0.2) is 5.48 Å². The third kappa shape index (κ3) is 23.6. The molecule has 0 bridgehead atoms. The van der Waals surface area contributed by atoms with Gasteiger partial charge in [-0.1, -0.05) is 93.4 Å². The minimum absolute atomic E-state index is 0. The zero-order chi connectivity index (χ0) is 12.5. The molecule has 0 spiro atoms. The molecule has 0 amide bonds. The topological polar surface area (TPSA) is 31.5 Å². The molecule has 1 atom stereocenters. The summed E-state index contributed by atoms with van der Waals surface area (Å²) in [5.41, 5.74) is 0. The van der Waals surface area contributed by atoms with Gasteiger partial charge in [0.15, 0.2) is 0 Å². The van der Waals surface area contributed by atoms with Crippen LogP contribution in [0.4, 0.5) is 0 Å². The van der Waals surface area contributed by atoms with Crippen LogP contribution in [0.1, 0.15) is 93.4 Å². The zero-order valence-electron chi connectivity index (χ0n) is 13.0. The van der Waals surface area contributed by atoms with Crippen LogP contribution >= 0.6 is 0 Å². The van der Waals surface area contributed by atoms with Gasteiger partial charge in [-0.15, -0.1) is 0 Å². The van der Waals surface area contributed by atoms with Crippen LogP contribution in [0.2, 0.25) is 0 Å². The Kier molecular flexibility index (Phi) is 45.9. The van der Waals surface area contributed by atoms with Crippen molar-refractivity contribution in [3.05, 3.63) is 0 Å². The molecule has 0 aliphatic heterocycles. The monoisotopic (exact) mass is 234 g/mol. The smallest absolute Gasteiger partial charge is 0.0417 e. The van der Waals surface area contributed by atoms with E-state index >= 15 is 0 Å². The molecule has 16 heavy (non-hydrogen) atoms. The minimum atomic E-state index is 0. The van der Waals surface area contributed by atoms with Gasteiger partial charge in [-0.05, 0) is 5.92 Å². The first-order chi connectivity index (χ1) is 7.35. The maximum absolute atomic E-state index is 2.33. The fourth-order valence-corrected chi connectivity index (χ4v) is 1.64. The van der Waals surface area contributed by atoms with Gasteiger partial charge in [0.1, 0.15) is 0 Å². The van der Waals surface area contributed by atoms with E-state index in [0.717, 1.165) is 5.92 Å². The normalized spacial score (nSPS) is 9.94. The lowest BCUT2D eigenvalue weighted by atomic mass is 9.94. The molecule has 0 saturated heterocycles. The SMILES string of the molecule is CC.CC.CCCCC[C@@H](CC)CCC.O. The quantitative estimate of drug-likeness (QED) is 0.512. The Morgan fingerprint density at radius 1 is 0.688 bits per heavy atom. The van der Waals surface area contributed by atoms with Crippen LogP contribution < -0.4 is 0 Å². The summed E-state index contributed by atoms with van der Waals surface area (Å²) >= 11 is 0. The molecule has 0 aromatic rings. The summed E-state index contributed by atoms with van der Waals surface area (Å²) in [6.45, 7) is 14.9. The number of unbranched alkanes of at least 4 members (excludes halogenated alkanes) is 2. The molecular weight excluding hydrogens is 196 g/mol. The maximum atomic E-state index is 2.33. The van der Waals surface area contributed by atoms with E-state index in [1.54, 1.807) is 0 Å². The van der Waals surface area contributed by atoms with Gasteiger partial charge < -0.3 is 5.48 Å². The molecule has 0 aliphatic carbocycles. The number of hydrogen-bond acceptors (Lipinski definition) is 0. The lowest BCUT2D eigenvalue weighted by Gasteiger charge is -2.12. The van der Waals surface area contributed by atoms with E-state index in [2.05, 4.69) is 20.8 Å². The Bertz CT molecular complexity index is 71.8. The highest BCUT2D eigenvalue weighted by molar-refractivity contribution is 4.56. The Morgan fingerprint density at radius 2 is 1.19 bits per heavy atom. The summed E-state index contributed by atoms with van der Waals surface area (Å²) < 4.78 is 0. The summed E-state index contributed by atoms with van der Waals surface area (Å²) in [4.78, 5) is 0. The molecule has 0 saturated carbocycles. The van der Waals surface area contributed by atoms with Gasteiger partial charge in [0.2, 0.25) is 0 Å². The molecule has 2 N–H and O–H groups in total. The summed E-state index contributed by atoms with van der Waals surface area (Å²) in [6, 6.07) is 0. The van der Waals surface area contributed by atoms with Gasteiger partial charge >= 0.3 is 0 Å². The highest BCUT2D eigenvalue weighted by Crippen LogP contribution is 2.18. The van der Waals surface area contributed by atoms with E-state index in [9.17, 15) is 0 Å². The fraction of sp³-hybridized carbons (Fsp3) is 1.00. The van der Waals surface area contributed by atoms with Crippen molar-refractivity contribution in [1.82, 2.24) is 0 Å². The number of rotatable bonds is 7. The second-order valence-corrected chi connectivity index (χ2v) is 3.56. The predicted molar refractivity (Wildman–Crippen MR) is 79.1 cm³/mol. The van der Waals surface area contributed by atoms with Crippen molar-refractivity contribution in [3.63, 3.8) is 0 Å². The first-order valence-electron chi connectivity index (χ1n) is 7.35. The summed E-state index contributed by atoms with van der Waals surface area (Å²) in [5.74, 6) is 1.02. The molecular formula is C15H38O. The van der Waals surface area contributed by atoms with E-state index in [4.69, 9.17) is 0 Å². The molecule has 0 aliphatic rings. The minimum Gasteiger partial charge on any atom is -0.412 e. The van der Waals surface area contributed by atoms with Gasteiger partial charge in [0.05, 0.1) is 0 Å². The molecule has 0 heterocycles. The van der Waals surface area contributed by atoms with E-state index in [-0.39, 0.29) is 5.48 Å². The Labute approximate surface area is 105 Å². The lowest BCUT2D eigenvalue weighted by Crippen LogP contribution is -1.97. The van der Waals surface area contributed by atoms with Crippen LogP contribution in [-0.2, 0) is 0 Å². The molecule has 1 heteroatoms. The molecule has 0 fully saturated rings. The second kappa shape index (κ2) is 29.4. The van der Waals surface area contributed by atoms with Crippen molar-refractivity contribution >= 4 is 0 Å². The Hall–Kier alpha value is -0.0400. The van der Waals surface area contributed by atoms with Crippen LogP contribution in [0.15, 0.2) is 0 Å². The van der Waals surface area contributed by atoms with Gasteiger partial charge in [0, 0.05) is 0 Å². The largest absolute Gasteiger partial charge is 0.412 e. The molecule has 0 aromatic heterocycles. The molecule has 0 radical (unpaired) electrons. The highest BCUT2D eigenvalue weighted by Gasteiger charge is 2.03. The first-order valence-corrected chi connectivity index (χ1v) is 7.35. The molecule has 104 valence electrons. The molecule has 0 aromatic carbocycles. The van der Waals surface area contributed by atoms with Gasteiger partial charge in [0.25, 0.3) is 0 Å². The van der Waals surface area contributed by atoms with Crippen molar-refractivity contribution in [2.24, 2.45) is 5.92 Å². The summed E-state index contributed by atoms with van der Waals surface area (Å²) in [5, 5.41) is 0. The van der Waals surface area contributed by atoms with Crippen LogP contribution in [0.25, 0.3) is 0 Å². The molecule has 0 rings (SSSR count). The standard InChI is InChI=1S/C11H24.2C2H6.H2O/c1-4-7-8-10-11(6-3)9-5-2;2*1-2;/h11H,4-10H2,1-3H3;2*1-2H3;1H2/t11-;;;/m0.../s1. The fourth-order valence-electron chi connectivity index (χ4n) is 1.64. The van der Waals surface area contributed by atoms with Crippen molar-refractivity contribution in [2.75, 3.05) is 0 Å². The van der Waals surface area contributed by atoms with Crippen molar-refractivity contribution in [2.45, 2.75) is 93.4 Å². The number of hydrogen-bond donors (Lipinski definition) is 0. The lowest BCUT2D eigenvalue weighted by molar-refractivity contribution is 0.412. The average molecular weight is 234 g/mol. The maximum Gasteiger partial charge on any atom is -0.0417 e. The predicted octanol–water partition coefficient (Wildman–Crippen LogP) is 5.62. The van der Waals surface area contributed by atoms with Crippen LogP contribution in [0, 0.1) is 5.92 Å². The Morgan fingerprint density at radius 3 is 1.50 bits per heavy atom. The van der Waals surface area contributed by atoms with Crippen LogP contribution in [0.3, 0.4) is 0 Å². The summed E-state index contributed by atoms with van der Waals surface area (Å²) in [7, 11) is 0. The third-order valence-corrected chi connectivity index (χ3v) is 2.49. The zero-order valence-corrected chi connectivity index (χ0v) is 13.0. The van der Waals surface area contributed by atoms with Crippen molar-refractivity contribution < 1.29 is 5.48 Å². The summed E-state index contributed by atoms with van der Waals surface area (Å²) in [6.07, 6.45) is 9.92. The third-order valence-electron chi connectivity index (χ3n) is 2.49. The Balaban J connectivity index is -0.000000129. The van der Waals surface area contributed by atoms with Gasteiger partial charge in [-0.3, -0.25) is 0 Å². The second-order valence-electron chi connectivity index (χ2n) is 3.56. The molecule has 0 unspecified atom stereocenters. The van der Waals surface area contributed by atoms with Gasteiger partial charge in [-0.2, -0.15) is 0 Å². The van der Waals surface area contributed by atoms with Crippen molar-refractivity contribution in [1.29, 1.82) is 0 Å². The van der Waals surface area contributed by atoms with Crippen molar-refractivity contribution in [3.8, 4) is 0 Å². The van der Waals surface area contributed by atoms with Crippen LogP contribution in [0.5, 0.6) is 0 Å². The van der Waals surface area contributed by atoms with E-state index in [1.807, 2.05) is 27.7 Å². The van der Waals surface area contributed by atoms with E-state index in [0.29, 0.717) is 0 Å². The van der Waals surface area contributed by atoms with Gasteiger partial charge in [-0.25, -0.2) is 0 Å². The van der Waals surface area contributed by atoms with E-state index in [1.165, 1.54) is 44.9 Å².